The summed E-state index contributed by atoms with van der Waals surface area (Å²) in [5.74, 6) is 24.0. The number of pyridine rings is 6. The van der Waals surface area contributed by atoms with Crippen molar-refractivity contribution in [2.75, 3.05) is 113 Å². The van der Waals surface area contributed by atoms with Crippen LogP contribution in [0.2, 0.25) is 0 Å². The summed E-state index contributed by atoms with van der Waals surface area (Å²) in [6.07, 6.45) is 24.1. The highest BCUT2D eigenvalue weighted by Gasteiger charge is 2.37. The summed E-state index contributed by atoms with van der Waals surface area (Å²) in [4.78, 5) is 73.9. The van der Waals surface area contributed by atoms with Crippen LogP contribution in [0, 0.1) is 103 Å². The summed E-state index contributed by atoms with van der Waals surface area (Å²) in [6, 6.07) is 30.1. The molecule has 27 heteroatoms. The van der Waals surface area contributed by atoms with Crippen molar-refractivity contribution in [3.05, 3.63) is 167 Å². The van der Waals surface area contributed by atoms with Gasteiger partial charge in [-0.15, -0.1) is 0 Å². The Morgan fingerprint density at radius 2 is 0.845 bits per heavy atom. The predicted octanol–water partition coefficient (Wildman–Crippen LogP) is 10.1. The number of carbonyl (C=O) groups is 3. The number of aromatic nitrogens is 9. The molecular formula is C83H79N19O8. The fourth-order valence-electron chi connectivity index (χ4n) is 14.8. The van der Waals surface area contributed by atoms with Gasteiger partial charge in [0.05, 0.1) is 95.2 Å². The van der Waals surface area contributed by atoms with Crippen molar-refractivity contribution in [3.8, 4) is 104 Å². The van der Waals surface area contributed by atoms with Gasteiger partial charge in [0.25, 0.3) is 23.4 Å². The fraction of sp³-hybridized carbons (Fsp3) is 0.349. The van der Waals surface area contributed by atoms with Crippen LogP contribution >= 0.6 is 0 Å². The number of ether oxygens (including phenoxy) is 3. The second-order valence-corrected chi connectivity index (χ2v) is 27.5. The average Bonchev–Trinajstić information content (AvgIpc) is 1.55. The van der Waals surface area contributed by atoms with Crippen molar-refractivity contribution >= 4 is 57.4 Å². The van der Waals surface area contributed by atoms with E-state index in [1.165, 1.54) is 50.4 Å². The maximum Gasteiger partial charge on any atom is 0.298 e. The van der Waals surface area contributed by atoms with E-state index in [4.69, 9.17) is 19.2 Å². The molecule has 2 unspecified atom stereocenters. The number of hydrogen-bond acceptors (Lipinski definition) is 20. The van der Waals surface area contributed by atoms with E-state index in [-0.39, 0.29) is 23.4 Å². The number of fused-ring (bicyclic) bond motifs is 4. The number of piperazine rings is 3. The standard InChI is InChI=1S/C30H32N6O2.C28H23N7O4.C25H24N6O2/c1-2-38-26-16-27(30-25(17-31)19-33-36(30)20-26)24-7-8-28(32-18-24)34-10-12-35(13-11-34)29(37)9-6-21-14-22-4-3-5-23(22)15-21;1-2-39-24-15-25(28-22(16-29)18-31-34(28)19-24)21-7-8-26(30-17-21)32-10-12-33(13-11-32)27(36)9-6-20-4-3-5-23(14-20)35(37)38;1-2-33-21-13-22(25-20(14-26)16-28-31(25)17-21)19-6-7-23(27-15-19)29-9-11-30(12-10-29)24(32)8-5-18-3-4-18/h7-8,16,18-23H,2-5,10-15H2,1H3;3-5,7-8,14-15,17-19H,2,10-13H2,1H3;6-7,13,15-18H,2-4,9-12H2,1H3. The van der Waals surface area contributed by atoms with Crippen LogP contribution in [0.4, 0.5) is 23.1 Å². The zero-order chi connectivity index (χ0) is 76.2. The van der Waals surface area contributed by atoms with E-state index in [1.807, 2.05) is 97.6 Å². The molecule has 0 N–H and O–H groups in total. The molecule has 12 heterocycles. The van der Waals surface area contributed by atoms with Crippen molar-refractivity contribution < 1.29 is 33.5 Å². The third-order valence-electron chi connectivity index (χ3n) is 20.6. The van der Waals surface area contributed by atoms with Gasteiger partial charge in [0.15, 0.2) is 0 Å². The quantitative estimate of drug-likeness (QED) is 0.0588. The molecule has 2 atom stereocenters. The summed E-state index contributed by atoms with van der Waals surface area (Å²) in [5.41, 5.74) is 9.07. The Balaban J connectivity index is 0.000000138. The molecule has 6 fully saturated rings. The SMILES string of the molecule is CCOc1cc(-c2ccc(N3CCN(C(=O)C#CC4CC4)CC3)nc2)c2c(C#N)cnn2c1.CCOc1cc(-c2ccc(N3CCN(C(=O)C#CC4CC5CCCC5C4)CC3)nc2)c2c(C#N)cnn2c1.CCOc1cc(-c2ccc(N3CCN(C(=O)C#Cc4cccc([N+](=O)[O-])c4)CC3)nc2)c2c(C#N)cnn2c1. The third kappa shape index (κ3) is 16.7. The molecule has 3 aliphatic carbocycles. The monoisotopic (exact) mass is 1470 g/mol. The number of carbonyl (C=O) groups excluding carboxylic acids is 3. The molecule has 16 rings (SSSR count). The van der Waals surface area contributed by atoms with Crippen LogP contribution < -0.4 is 28.9 Å². The maximum atomic E-state index is 12.7. The topological polar surface area (TPSA) is 303 Å². The van der Waals surface area contributed by atoms with Gasteiger partial charge in [0.1, 0.15) is 52.9 Å². The molecule has 6 aliphatic rings. The van der Waals surface area contributed by atoms with Gasteiger partial charge in [-0.2, -0.15) is 31.1 Å². The minimum absolute atomic E-state index is 0.0442. The summed E-state index contributed by atoms with van der Waals surface area (Å²) >= 11 is 0. The average molecular weight is 1470 g/mol. The normalized spacial score (nSPS) is 17.1. The fourth-order valence-corrected chi connectivity index (χ4v) is 14.8. The van der Waals surface area contributed by atoms with Crippen LogP contribution in [0.15, 0.2) is 135 Å². The van der Waals surface area contributed by atoms with Crippen LogP contribution in [0.5, 0.6) is 17.2 Å². The Morgan fingerprint density at radius 1 is 0.473 bits per heavy atom. The van der Waals surface area contributed by atoms with Gasteiger partial charge in [-0.25, -0.2) is 28.5 Å². The van der Waals surface area contributed by atoms with Crippen LogP contribution in [-0.2, 0) is 14.4 Å². The number of nitriles is 3. The largest absolute Gasteiger partial charge is 0.492 e. The minimum Gasteiger partial charge on any atom is -0.492 e. The summed E-state index contributed by atoms with van der Waals surface area (Å²) in [7, 11) is 0. The zero-order valence-corrected chi connectivity index (χ0v) is 61.3. The Morgan fingerprint density at radius 3 is 1.18 bits per heavy atom. The third-order valence-corrected chi connectivity index (χ3v) is 20.6. The van der Waals surface area contributed by atoms with E-state index in [0.717, 1.165) is 99.6 Å². The van der Waals surface area contributed by atoms with Gasteiger partial charge >= 0.3 is 0 Å². The lowest BCUT2D eigenvalue weighted by atomic mass is 10.0. The molecule has 3 saturated heterocycles. The van der Waals surface area contributed by atoms with Crippen molar-refractivity contribution in [2.45, 2.75) is 65.7 Å². The first-order valence-corrected chi connectivity index (χ1v) is 37.2. The molecule has 1 aromatic carbocycles. The first-order valence-electron chi connectivity index (χ1n) is 37.2. The van der Waals surface area contributed by atoms with Crippen molar-refractivity contribution in [1.29, 1.82) is 15.8 Å². The molecule has 0 bridgehead atoms. The van der Waals surface area contributed by atoms with Crippen LogP contribution in [0.1, 0.15) is 88.0 Å². The second-order valence-electron chi connectivity index (χ2n) is 27.5. The number of nitrogens with zero attached hydrogens (tertiary/aromatic N) is 19. The van der Waals surface area contributed by atoms with E-state index < -0.39 is 4.92 Å². The van der Waals surface area contributed by atoms with Crippen LogP contribution in [-0.4, -0.2) is 179 Å². The lowest BCUT2D eigenvalue weighted by Gasteiger charge is -2.34. The van der Waals surface area contributed by atoms with E-state index >= 15 is 0 Å². The van der Waals surface area contributed by atoms with E-state index in [2.05, 4.69) is 93.7 Å². The molecule has 3 amide bonds. The molecule has 10 aromatic rings. The molecule has 27 nitrogen and oxygen atoms in total. The number of rotatable bonds is 13. The molecule has 0 radical (unpaired) electrons. The number of hydrogen-bond donors (Lipinski definition) is 0. The number of anilines is 3. The molecule has 554 valence electrons. The highest BCUT2D eigenvalue weighted by molar-refractivity contribution is 5.95. The number of non-ortho nitro benzene ring substituents is 1. The molecule has 110 heavy (non-hydrogen) atoms. The van der Waals surface area contributed by atoms with E-state index in [0.29, 0.717) is 142 Å². The maximum absolute atomic E-state index is 12.7. The van der Waals surface area contributed by atoms with Crippen molar-refractivity contribution in [2.24, 2.45) is 23.7 Å². The molecular weight excluding hydrogens is 1390 g/mol. The van der Waals surface area contributed by atoms with Crippen molar-refractivity contribution in [3.63, 3.8) is 0 Å². The molecule has 3 aliphatic heterocycles. The summed E-state index contributed by atoms with van der Waals surface area (Å²) in [6.45, 7) is 14.9. The molecule has 9 aromatic heterocycles. The summed E-state index contributed by atoms with van der Waals surface area (Å²) in [5, 5.41) is 52.5. The first kappa shape index (κ1) is 73.4. The van der Waals surface area contributed by atoms with Gasteiger partial charge in [-0.1, -0.05) is 43.1 Å². The molecule has 0 spiro atoms. The zero-order valence-electron chi connectivity index (χ0n) is 61.3. The number of nitro benzene ring substituents is 1. The Kier molecular flexibility index (Phi) is 22.4. The number of amides is 3. The number of nitro groups is 1. The van der Waals surface area contributed by atoms with Gasteiger partial charge in [-0.3, -0.25) is 24.5 Å². The summed E-state index contributed by atoms with van der Waals surface area (Å²) < 4.78 is 22.1. The lowest BCUT2D eigenvalue weighted by molar-refractivity contribution is -0.384. The van der Waals surface area contributed by atoms with Gasteiger partial charge in [0.2, 0.25) is 0 Å². The van der Waals surface area contributed by atoms with E-state index in [9.17, 15) is 40.3 Å². The van der Waals surface area contributed by atoms with Crippen molar-refractivity contribution in [1.82, 2.24) is 58.5 Å². The number of benzene rings is 1. The minimum atomic E-state index is -0.493. The van der Waals surface area contributed by atoms with E-state index in [1.54, 1.807) is 67.8 Å². The highest BCUT2D eigenvalue weighted by Crippen LogP contribution is 2.46. The predicted molar refractivity (Wildman–Crippen MR) is 411 cm³/mol. The highest BCUT2D eigenvalue weighted by atomic mass is 16.6. The van der Waals surface area contributed by atoms with Gasteiger partial charge in [-0.05, 0) is 131 Å². The first-order chi connectivity index (χ1) is 53.7. The Hall–Kier alpha value is -13.5. The van der Waals surface area contributed by atoms with Gasteiger partial charge in [0, 0.05) is 166 Å². The van der Waals surface area contributed by atoms with Crippen LogP contribution in [0.25, 0.3) is 49.9 Å². The lowest BCUT2D eigenvalue weighted by Crippen LogP contribution is -2.48. The smallest absolute Gasteiger partial charge is 0.298 e. The second kappa shape index (κ2) is 33.5. The molecule has 3 saturated carbocycles. The van der Waals surface area contributed by atoms with Gasteiger partial charge < -0.3 is 43.6 Å². The Labute approximate surface area is 636 Å². The Bertz CT molecular complexity index is 5430. The van der Waals surface area contributed by atoms with Crippen LogP contribution in [0.3, 0.4) is 0 Å².